The Bertz CT molecular complexity index is 391. The molecule has 0 spiro atoms. The van der Waals surface area contributed by atoms with Crippen molar-refractivity contribution >= 4 is 5.97 Å². The minimum atomic E-state index is -0.730. The molecule has 0 radical (unpaired) electrons. The van der Waals surface area contributed by atoms with Gasteiger partial charge in [-0.25, -0.2) is 0 Å². The van der Waals surface area contributed by atoms with Crippen LogP contribution in [0, 0.1) is 5.92 Å². The first-order valence-corrected chi connectivity index (χ1v) is 5.11. The van der Waals surface area contributed by atoms with Crippen molar-refractivity contribution in [2.75, 3.05) is 14.2 Å². The normalized spacial score (nSPS) is 22.6. The van der Waals surface area contributed by atoms with Gasteiger partial charge in [-0.15, -0.1) is 0 Å². The first-order chi connectivity index (χ1) is 7.65. The van der Waals surface area contributed by atoms with Crippen molar-refractivity contribution in [2.45, 2.75) is 12.3 Å². The number of benzene rings is 1. The Hall–Kier alpha value is -1.71. The van der Waals surface area contributed by atoms with Gasteiger partial charge in [-0.3, -0.25) is 4.79 Å². The second-order valence-electron chi connectivity index (χ2n) is 3.93. The fourth-order valence-electron chi connectivity index (χ4n) is 1.88. The summed E-state index contributed by atoms with van der Waals surface area (Å²) in [5.74, 6) is 0.515. The molecule has 0 heterocycles. The molecule has 86 valence electrons. The highest BCUT2D eigenvalue weighted by atomic mass is 16.5. The van der Waals surface area contributed by atoms with E-state index in [9.17, 15) is 4.79 Å². The summed E-state index contributed by atoms with van der Waals surface area (Å²) >= 11 is 0. The number of carboxylic acid groups (broad SMARTS) is 1. The molecular formula is C12H14O4. The maximum Gasteiger partial charge on any atom is 0.307 e. The van der Waals surface area contributed by atoms with Crippen molar-refractivity contribution in [1.29, 1.82) is 0 Å². The summed E-state index contributed by atoms with van der Waals surface area (Å²) in [4.78, 5) is 10.8. The zero-order valence-corrected chi connectivity index (χ0v) is 9.27. The van der Waals surface area contributed by atoms with Crippen molar-refractivity contribution in [3.63, 3.8) is 0 Å². The van der Waals surface area contributed by atoms with Gasteiger partial charge in [0.15, 0.2) is 0 Å². The molecule has 2 atom stereocenters. The molecule has 4 heteroatoms. The van der Waals surface area contributed by atoms with Crippen molar-refractivity contribution in [1.82, 2.24) is 0 Å². The molecule has 16 heavy (non-hydrogen) atoms. The second-order valence-corrected chi connectivity index (χ2v) is 3.93. The van der Waals surface area contributed by atoms with E-state index in [-0.39, 0.29) is 11.8 Å². The number of carboxylic acids is 1. The second kappa shape index (κ2) is 4.04. The lowest BCUT2D eigenvalue weighted by Crippen LogP contribution is -1.99. The maximum atomic E-state index is 10.8. The fraction of sp³-hybridized carbons (Fsp3) is 0.417. The van der Waals surface area contributed by atoms with Gasteiger partial charge < -0.3 is 14.6 Å². The van der Waals surface area contributed by atoms with Gasteiger partial charge >= 0.3 is 5.97 Å². The van der Waals surface area contributed by atoms with E-state index in [1.54, 1.807) is 20.3 Å². The van der Waals surface area contributed by atoms with Crippen LogP contribution in [0.15, 0.2) is 18.2 Å². The monoisotopic (exact) mass is 222 g/mol. The predicted molar refractivity (Wildman–Crippen MR) is 58.0 cm³/mol. The Morgan fingerprint density at radius 2 is 1.81 bits per heavy atom. The largest absolute Gasteiger partial charge is 0.497 e. The van der Waals surface area contributed by atoms with Crippen LogP contribution in [-0.4, -0.2) is 25.3 Å². The lowest BCUT2D eigenvalue weighted by molar-refractivity contribution is -0.138. The summed E-state index contributed by atoms with van der Waals surface area (Å²) in [6.07, 6.45) is 0.700. The van der Waals surface area contributed by atoms with Crippen LogP contribution in [0.25, 0.3) is 0 Å². The SMILES string of the molecule is COc1cc(OC)cc(C2CC2C(=O)O)c1. The van der Waals surface area contributed by atoms with E-state index in [1.165, 1.54) is 0 Å². The number of methoxy groups -OCH3 is 2. The molecule has 1 aromatic rings. The zero-order valence-electron chi connectivity index (χ0n) is 9.27. The average Bonchev–Trinajstić information content (AvgIpc) is 3.08. The average molecular weight is 222 g/mol. The van der Waals surface area contributed by atoms with Gasteiger partial charge in [0.05, 0.1) is 20.1 Å². The van der Waals surface area contributed by atoms with Crippen LogP contribution in [0.4, 0.5) is 0 Å². The minimum Gasteiger partial charge on any atom is -0.497 e. The standard InChI is InChI=1S/C12H14O4/c1-15-8-3-7(4-9(5-8)16-2)10-6-11(10)12(13)14/h3-5,10-11H,6H2,1-2H3,(H,13,14). The molecule has 1 aliphatic rings. The summed E-state index contributed by atoms with van der Waals surface area (Å²) in [6, 6.07) is 5.52. The molecule has 0 bridgehead atoms. The summed E-state index contributed by atoms with van der Waals surface area (Å²) < 4.78 is 10.3. The molecule has 1 aromatic carbocycles. The van der Waals surface area contributed by atoms with E-state index in [4.69, 9.17) is 14.6 Å². The van der Waals surface area contributed by atoms with Crippen LogP contribution < -0.4 is 9.47 Å². The van der Waals surface area contributed by atoms with Gasteiger partial charge in [0.1, 0.15) is 11.5 Å². The molecule has 0 aliphatic heterocycles. The molecule has 1 saturated carbocycles. The molecule has 1 fully saturated rings. The van der Waals surface area contributed by atoms with E-state index >= 15 is 0 Å². The Balaban J connectivity index is 2.24. The predicted octanol–water partition coefficient (Wildman–Crippen LogP) is 1.89. The maximum absolute atomic E-state index is 10.8. The zero-order chi connectivity index (χ0) is 11.7. The number of carbonyl (C=O) groups is 1. The molecule has 1 aliphatic carbocycles. The van der Waals surface area contributed by atoms with Gasteiger partial charge in [-0.1, -0.05) is 0 Å². The highest BCUT2D eigenvalue weighted by molar-refractivity contribution is 5.75. The van der Waals surface area contributed by atoms with Crippen LogP contribution in [0.1, 0.15) is 17.9 Å². The molecule has 0 aromatic heterocycles. The van der Waals surface area contributed by atoms with E-state index < -0.39 is 5.97 Å². The van der Waals surface area contributed by atoms with Gasteiger partial charge in [0.2, 0.25) is 0 Å². The number of rotatable bonds is 4. The van der Waals surface area contributed by atoms with E-state index in [0.29, 0.717) is 17.9 Å². The molecule has 2 rings (SSSR count). The third kappa shape index (κ3) is 1.96. The third-order valence-corrected chi connectivity index (χ3v) is 2.91. The summed E-state index contributed by atoms with van der Waals surface area (Å²) in [5.41, 5.74) is 0.976. The van der Waals surface area contributed by atoms with Crippen molar-refractivity contribution in [3.8, 4) is 11.5 Å². The van der Waals surface area contributed by atoms with Crippen LogP contribution in [-0.2, 0) is 4.79 Å². The Kier molecular flexibility index (Phi) is 2.73. The van der Waals surface area contributed by atoms with Gasteiger partial charge in [-0.05, 0) is 30.0 Å². The van der Waals surface area contributed by atoms with E-state index in [2.05, 4.69) is 0 Å². The number of aliphatic carboxylic acids is 1. The summed E-state index contributed by atoms with van der Waals surface area (Å²) in [5, 5.41) is 8.88. The Labute approximate surface area is 93.8 Å². The molecule has 2 unspecified atom stereocenters. The van der Waals surface area contributed by atoms with Crippen LogP contribution in [0.2, 0.25) is 0 Å². The molecule has 0 amide bonds. The van der Waals surface area contributed by atoms with Crippen LogP contribution >= 0.6 is 0 Å². The highest BCUT2D eigenvalue weighted by Gasteiger charge is 2.44. The number of hydrogen-bond acceptors (Lipinski definition) is 3. The first kappa shape index (κ1) is 10.8. The lowest BCUT2D eigenvalue weighted by Gasteiger charge is -2.07. The smallest absolute Gasteiger partial charge is 0.307 e. The topological polar surface area (TPSA) is 55.8 Å². The van der Waals surface area contributed by atoms with Crippen LogP contribution in [0.5, 0.6) is 11.5 Å². The van der Waals surface area contributed by atoms with Crippen molar-refractivity contribution in [3.05, 3.63) is 23.8 Å². The Morgan fingerprint density at radius 1 is 1.25 bits per heavy atom. The quantitative estimate of drug-likeness (QED) is 0.845. The van der Waals surface area contributed by atoms with Crippen molar-refractivity contribution in [2.24, 2.45) is 5.92 Å². The highest BCUT2D eigenvalue weighted by Crippen LogP contribution is 2.49. The van der Waals surface area contributed by atoms with Gasteiger partial charge in [0, 0.05) is 6.07 Å². The molecule has 4 nitrogen and oxygen atoms in total. The third-order valence-electron chi connectivity index (χ3n) is 2.91. The fourth-order valence-corrected chi connectivity index (χ4v) is 1.88. The first-order valence-electron chi connectivity index (χ1n) is 5.11. The van der Waals surface area contributed by atoms with Gasteiger partial charge in [-0.2, -0.15) is 0 Å². The van der Waals surface area contributed by atoms with E-state index in [1.807, 2.05) is 12.1 Å². The van der Waals surface area contributed by atoms with E-state index in [0.717, 1.165) is 5.56 Å². The number of hydrogen-bond donors (Lipinski definition) is 1. The Morgan fingerprint density at radius 3 is 2.19 bits per heavy atom. The molecular weight excluding hydrogens is 208 g/mol. The van der Waals surface area contributed by atoms with Gasteiger partial charge in [0.25, 0.3) is 0 Å². The molecule has 1 N–H and O–H groups in total. The lowest BCUT2D eigenvalue weighted by atomic mass is 10.1. The van der Waals surface area contributed by atoms with Crippen LogP contribution in [0.3, 0.4) is 0 Å². The summed E-state index contributed by atoms with van der Waals surface area (Å²) in [7, 11) is 3.17. The number of ether oxygens (including phenoxy) is 2. The minimum absolute atomic E-state index is 0.0986. The molecule has 0 saturated heterocycles. The van der Waals surface area contributed by atoms with Crippen molar-refractivity contribution < 1.29 is 19.4 Å². The summed E-state index contributed by atoms with van der Waals surface area (Å²) in [6.45, 7) is 0.